The zero-order valence-electron chi connectivity index (χ0n) is 12.8. The maximum atomic E-state index is 10.3. The molecule has 0 aromatic heterocycles. The Balaban J connectivity index is 1.79. The van der Waals surface area contributed by atoms with Crippen molar-refractivity contribution in [3.05, 3.63) is 28.8 Å². The molecule has 3 heteroatoms. The number of benzene rings is 1. The molecule has 0 bridgehead atoms. The molecule has 2 N–H and O–H groups in total. The van der Waals surface area contributed by atoms with Gasteiger partial charge in [0.05, 0.1) is 0 Å². The molecule has 1 fully saturated rings. The van der Waals surface area contributed by atoms with E-state index in [1.807, 2.05) is 12.1 Å². The fourth-order valence-corrected chi connectivity index (χ4v) is 3.95. The fraction of sp³-hybridized carbons (Fsp3) is 0.647. The molecule has 2 aliphatic rings. The number of likely N-dealkylation sites (tertiary alicyclic amines) is 1. The molecule has 0 amide bonds. The zero-order valence-corrected chi connectivity index (χ0v) is 12.8. The molecule has 0 saturated carbocycles. The van der Waals surface area contributed by atoms with Crippen LogP contribution in [0.4, 0.5) is 0 Å². The number of hydrogen-bond donors (Lipinski definition) is 2. The van der Waals surface area contributed by atoms with E-state index in [0.717, 1.165) is 12.0 Å². The lowest BCUT2D eigenvalue weighted by molar-refractivity contribution is 0.223. The smallest absolute Gasteiger partial charge is 0.120 e. The summed E-state index contributed by atoms with van der Waals surface area (Å²) in [5, 5.41) is 14.1. The summed E-state index contributed by atoms with van der Waals surface area (Å²) in [4.78, 5) is 2.39. The molecule has 1 aliphatic heterocycles. The molecule has 1 aromatic carbocycles. The average molecular weight is 274 g/mol. The average Bonchev–Trinajstić information content (AvgIpc) is 2.75. The van der Waals surface area contributed by atoms with E-state index >= 15 is 0 Å². The monoisotopic (exact) mass is 274 g/mol. The van der Waals surface area contributed by atoms with Gasteiger partial charge in [-0.05, 0) is 69.4 Å². The number of aryl methyl sites for hydroxylation is 1. The summed E-state index contributed by atoms with van der Waals surface area (Å²) in [6, 6.07) is 4.82. The number of rotatable bonds is 2. The van der Waals surface area contributed by atoms with Gasteiger partial charge < -0.3 is 15.3 Å². The summed E-state index contributed by atoms with van der Waals surface area (Å²) in [7, 11) is 2.19. The third-order valence-corrected chi connectivity index (χ3v) is 5.07. The van der Waals surface area contributed by atoms with Gasteiger partial charge in [-0.1, -0.05) is 13.0 Å². The van der Waals surface area contributed by atoms with Crippen molar-refractivity contribution in [3.8, 4) is 5.75 Å². The Hall–Kier alpha value is -1.06. The van der Waals surface area contributed by atoms with Gasteiger partial charge in [-0.25, -0.2) is 0 Å². The highest BCUT2D eigenvalue weighted by Crippen LogP contribution is 2.46. The van der Waals surface area contributed by atoms with Gasteiger partial charge in [-0.3, -0.25) is 0 Å². The highest BCUT2D eigenvalue weighted by molar-refractivity contribution is 5.50. The van der Waals surface area contributed by atoms with E-state index < -0.39 is 0 Å². The lowest BCUT2D eigenvalue weighted by Gasteiger charge is -2.32. The number of nitrogens with one attached hydrogen (secondary N) is 1. The van der Waals surface area contributed by atoms with Gasteiger partial charge in [0.15, 0.2) is 0 Å². The van der Waals surface area contributed by atoms with Gasteiger partial charge >= 0.3 is 0 Å². The number of fused-ring (bicyclic) bond motifs is 1. The molecule has 110 valence electrons. The Morgan fingerprint density at radius 1 is 1.20 bits per heavy atom. The lowest BCUT2D eigenvalue weighted by atomic mass is 9.97. The largest absolute Gasteiger partial charge is 0.508 e. The van der Waals surface area contributed by atoms with E-state index in [1.54, 1.807) is 0 Å². The van der Waals surface area contributed by atoms with Gasteiger partial charge in [0.2, 0.25) is 0 Å². The Labute approximate surface area is 122 Å². The van der Waals surface area contributed by atoms with Crippen LogP contribution in [0.25, 0.3) is 0 Å². The maximum Gasteiger partial charge on any atom is 0.120 e. The van der Waals surface area contributed by atoms with Crippen LogP contribution in [0.2, 0.25) is 0 Å². The quantitative estimate of drug-likeness (QED) is 0.870. The van der Waals surface area contributed by atoms with Crippen molar-refractivity contribution in [3.63, 3.8) is 0 Å². The van der Waals surface area contributed by atoms with Crippen LogP contribution in [0.3, 0.4) is 0 Å². The summed E-state index contributed by atoms with van der Waals surface area (Å²) in [6.45, 7) is 6.79. The molecular weight excluding hydrogens is 248 g/mol. The second-order valence-corrected chi connectivity index (χ2v) is 6.66. The molecule has 0 radical (unpaired) electrons. The van der Waals surface area contributed by atoms with Crippen LogP contribution in [-0.4, -0.2) is 36.2 Å². The molecule has 1 heterocycles. The van der Waals surface area contributed by atoms with E-state index in [0.29, 0.717) is 23.8 Å². The van der Waals surface area contributed by atoms with E-state index in [-0.39, 0.29) is 0 Å². The number of phenols is 1. The van der Waals surface area contributed by atoms with Crippen LogP contribution < -0.4 is 5.32 Å². The fourth-order valence-electron chi connectivity index (χ4n) is 3.95. The minimum atomic E-state index is 0.327. The Bertz CT molecular complexity index is 492. The summed E-state index contributed by atoms with van der Waals surface area (Å²) >= 11 is 0. The van der Waals surface area contributed by atoms with Crippen LogP contribution >= 0.6 is 0 Å². The number of aromatic hydroxyl groups is 1. The van der Waals surface area contributed by atoms with Crippen LogP contribution in [0.15, 0.2) is 12.1 Å². The normalized spacial score (nSPS) is 27.8. The van der Waals surface area contributed by atoms with Crippen LogP contribution in [0.5, 0.6) is 5.75 Å². The Morgan fingerprint density at radius 2 is 1.90 bits per heavy atom. The molecule has 20 heavy (non-hydrogen) atoms. The molecule has 0 spiro atoms. The number of nitrogens with zero attached hydrogens (tertiary/aromatic N) is 1. The van der Waals surface area contributed by atoms with Crippen molar-refractivity contribution >= 4 is 0 Å². The van der Waals surface area contributed by atoms with Gasteiger partial charge in [-0.2, -0.15) is 0 Å². The van der Waals surface area contributed by atoms with E-state index in [1.165, 1.54) is 37.1 Å². The van der Waals surface area contributed by atoms with Gasteiger partial charge in [0.1, 0.15) is 5.75 Å². The predicted octanol–water partition coefficient (Wildman–Crippen LogP) is 2.93. The Kier molecular flexibility index (Phi) is 3.74. The highest BCUT2D eigenvalue weighted by atomic mass is 16.3. The first kappa shape index (κ1) is 13.9. The van der Waals surface area contributed by atoms with Crippen LogP contribution in [0.1, 0.15) is 54.8 Å². The molecule has 2 unspecified atom stereocenters. The Morgan fingerprint density at radius 3 is 2.60 bits per heavy atom. The molecular formula is C17H26N2O. The standard InChI is InChI=1S/C17H26N2O/c1-11-4-5-15(20)17-14(10-12(2)16(11)17)18-13-6-8-19(3)9-7-13/h4-5,12-14,18,20H,6-10H2,1-3H3. The van der Waals surface area contributed by atoms with Crippen LogP contribution in [-0.2, 0) is 0 Å². The number of hydrogen-bond acceptors (Lipinski definition) is 3. The summed E-state index contributed by atoms with van der Waals surface area (Å²) in [5.74, 6) is 1.02. The first-order valence-corrected chi connectivity index (χ1v) is 7.83. The molecule has 1 aromatic rings. The van der Waals surface area contributed by atoms with E-state index in [9.17, 15) is 5.11 Å². The third kappa shape index (κ3) is 2.45. The maximum absolute atomic E-state index is 10.3. The zero-order chi connectivity index (χ0) is 14.3. The second kappa shape index (κ2) is 5.38. The third-order valence-electron chi connectivity index (χ3n) is 5.07. The van der Waals surface area contributed by atoms with Gasteiger partial charge in [-0.15, -0.1) is 0 Å². The molecule has 1 aliphatic carbocycles. The van der Waals surface area contributed by atoms with Crippen molar-refractivity contribution < 1.29 is 5.11 Å². The summed E-state index contributed by atoms with van der Waals surface area (Å²) < 4.78 is 0. The van der Waals surface area contributed by atoms with Gasteiger partial charge in [0, 0.05) is 17.6 Å². The predicted molar refractivity (Wildman–Crippen MR) is 82.3 cm³/mol. The summed E-state index contributed by atoms with van der Waals surface area (Å²) in [6.07, 6.45) is 3.53. The lowest BCUT2D eigenvalue weighted by Crippen LogP contribution is -2.41. The highest BCUT2D eigenvalue weighted by Gasteiger charge is 2.33. The summed E-state index contributed by atoms with van der Waals surface area (Å²) in [5.41, 5.74) is 3.85. The second-order valence-electron chi connectivity index (χ2n) is 6.66. The van der Waals surface area contributed by atoms with Crippen molar-refractivity contribution in [2.24, 2.45) is 0 Å². The van der Waals surface area contributed by atoms with Crippen molar-refractivity contribution in [1.82, 2.24) is 10.2 Å². The first-order chi connectivity index (χ1) is 9.56. The van der Waals surface area contributed by atoms with E-state index in [4.69, 9.17) is 0 Å². The van der Waals surface area contributed by atoms with Gasteiger partial charge in [0.25, 0.3) is 0 Å². The van der Waals surface area contributed by atoms with Crippen molar-refractivity contribution in [1.29, 1.82) is 0 Å². The molecule has 1 saturated heterocycles. The van der Waals surface area contributed by atoms with Crippen molar-refractivity contribution in [2.75, 3.05) is 20.1 Å². The molecule has 2 atom stereocenters. The van der Waals surface area contributed by atoms with E-state index in [2.05, 4.69) is 31.1 Å². The number of phenolic OH excluding ortho intramolecular Hbond substituents is 1. The SMILES string of the molecule is Cc1ccc(O)c2c1C(C)CC2NC1CCN(C)CC1. The first-order valence-electron chi connectivity index (χ1n) is 7.83. The minimum absolute atomic E-state index is 0.327. The molecule has 3 nitrogen and oxygen atoms in total. The van der Waals surface area contributed by atoms with Crippen molar-refractivity contribution in [2.45, 2.75) is 51.1 Å². The molecule has 3 rings (SSSR count). The van der Waals surface area contributed by atoms with Crippen LogP contribution in [0, 0.1) is 6.92 Å². The topological polar surface area (TPSA) is 35.5 Å². The minimum Gasteiger partial charge on any atom is -0.508 e. The number of piperidine rings is 1.